The van der Waals surface area contributed by atoms with Crippen LogP contribution in [0, 0.1) is 0 Å². The molecular weight excluding hydrogens is 429 g/mol. The second kappa shape index (κ2) is 9.72. The van der Waals surface area contributed by atoms with Crippen LogP contribution in [0.15, 0.2) is 66.3 Å². The Morgan fingerprint density at radius 3 is 2.68 bits per heavy atom. The van der Waals surface area contributed by atoms with Gasteiger partial charge in [0.1, 0.15) is 12.7 Å². The zero-order chi connectivity index (χ0) is 16.6. The smallest absolute Gasteiger partial charge is 0.188 e. The van der Waals surface area contributed by atoms with E-state index in [0.717, 1.165) is 23.4 Å². The van der Waals surface area contributed by atoms with Gasteiger partial charge in [0, 0.05) is 24.9 Å². The van der Waals surface area contributed by atoms with Crippen LogP contribution in [0.3, 0.4) is 0 Å². The van der Waals surface area contributed by atoms with E-state index in [1.807, 2.05) is 42.5 Å². The lowest BCUT2D eigenvalue weighted by Gasteiger charge is -2.06. The number of rotatable bonds is 6. The topological polar surface area (TPSA) is 94.0 Å². The van der Waals surface area contributed by atoms with Crippen molar-refractivity contribution < 1.29 is 0 Å². The lowest BCUT2D eigenvalue weighted by Crippen LogP contribution is -2.33. The van der Waals surface area contributed by atoms with E-state index in [-0.39, 0.29) is 24.0 Å². The molecule has 1 aromatic carbocycles. The summed E-state index contributed by atoms with van der Waals surface area (Å²) in [6.07, 6.45) is 5.77. The van der Waals surface area contributed by atoms with Crippen LogP contribution in [0.4, 0.5) is 0 Å². The maximum absolute atomic E-state index is 5.89. The molecule has 0 atom stereocenters. The lowest BCUT2D eigenvalue weighted by molar-refractivity contribution is 0.827. The molecule has 0 fully saturated rings. The van der Waals surface area contributed by atoms with Crippen molar-refractivity contribution in [2.75, 3.05) is 6.54 Å². The van der Waals surface area contributed by atoms with Crippen molar-refractivity contribution in [3.8, 4) is 5.69 Å². The number of nitrogens with zero attached hydrogens (tertiary/aromatic N) is 5. The number of benzene rings is 1. The quantitative estimate of drug-likeness (QED) is 0.341. The summed E-state index contributed by atoms with van der Waals surface area (Å²) in [6, 6.07) is 13.8. The predicted molar refractivity (Wildman–Crippen MR) is 108 cm³/mol. The first-order valence-corrected chi connectivity index (χ1v) is 7.69. The summed E-state index contributed by atoms with van der Waals surface area (Å²) in [6.45, 7) is 1.23. The Hall–Kier alpha value is -2.49. The van der Waals surface area contributed by atoms with E-state index in [0.29, 0.717) is 19.0 Å². The maximum Gasteiger partial charge on any atom is 0.188 e. The predicted octanol–water partition coefficient (Wildman–Crippen LogP) is 1.93. The van der Waals surface area contributed by atoms with Crippen LogP contribution in [-0.4, -0.2) is 32.3 Å². The summed E-state index contributed by atoms with van der Waals surface area (Å²) in [7, 11) is 0. The molecule has 2 heterocycles. The van der Waals surface area contributed by atoms with E-state index in [2.05, 4.69) is 25.4 Å². The first kappa shape index (κ1) is 18.8. The summed E-state index contributed by atoms with van der Waals surface area (Å²) >= 11 is 0. The van der Waals surface area contributed by atoms with E-state index < -0.39 is 0 Å². The highest BCUT2D eigenvalue weighted by Gasteiger charge is 1.98. The number of aliphatic imine (C=N–C) groups is 1. The molecule has 0 unspecified atom stereocenters. The fraction of sp³-hybridized carbons (Fsp3) is 0.176. The average Bonchev–Trinajstić information content (AvgIpc) is 3.16. The molecule has 3 rings (SSSR count). The summed E-state index contributed by atoms with van der Waals surface area (Å²) in [4.78, 5) is 12.5. The van der Waals surface area contributed by atoms with Gasteiger partial charge in [-0.05, 0) is 29.8 Å². The van der Waals surface area contributed by atoms with Gasteiger partial charge >= 0.3 is 0 Å². The molecular formula is C17H20IN7. The normalized spacial score (nSPS) is 11.0. The third-order valence-corrected chi connectivity index (χ3v) is 3.47. The van der Waals surface area contributed by atoms with Gasteiger partial charge in [0.25, 0.3) is 0 Å². The Balaban J connectivity index is 0.00000225. The molecule has 0 saturated carbocycles. The summed E-state index contributed by atoms with van der Waals surface area (Å²) in [5.74, 6) is 0.436. The van der Waals surface area contributed by atoms with Crippen LogP contribution in [0.1, 0.15) is 11.3 Å². The highest BCUT2D eigenvalue weighted by Crippen LogP contribution is 2.08. The van der Waals surface area contributed by atoms with Crippen LogP contribution in [0.2, 0.25) is 0 Å². The number of halogens is 1. The third-order valence-electron chi connectivity index (χ3n) is 3.47. The van der Waals surface area contributed by atoms with Crippen LogP contribution in [0.5, 0.6) is 0 Å². The third kappa shape index (κ3) is 5.82. The minimum Gasteiger partial charge on any atom is -0.370 e. The number of aromatic nitrogens is 4. The van der Waals surface area contributed by atoms with Crippen molar-refractivity contribution in [2.24, 2.45) is 10.7 Å². The number of nitrogens with two attached hydrogens (primary N) is 1. The van der Waals surface area contributed by atoms with E-state index in [1.165, 1.54) is 6.33 Å². The SMILES string of the molecule is I.NC(=NCc1ccc(-n2cncn2)cc1)NCCc1ccccn1. The molecule has 0 saturated heterocycles. The number of nitrogens with one attached hydrogen (secondary N) is 1. The van der Waals surface area contributed by atoms with Crippen LogP contribution < -0.4 is 11.1 Å². The molecule has 0 spiro atoms. The highest BCUT2D eigenvalue weighted by molar-refractivity contribution is 14.0. The monoisotopic (exact) mass is 449 g/mol. The Kier molecular flexibility index (Phi) is 7.33. The Labute approximate surface area is 163 Å². The first-order valence-electron chi connectivity index (χ1n) is 7.69. The molecule has 2 aromatic heterocycles. The second-order valence-electron chi connectivity index (χ2n) is 5.21. The molecule has 0 amide bonds. The molecule has 0 aliphatic carbocycles. The standard InChI is InChI=1S/C17H19N7.HI/c18-17(21-10-8-15-3-1-2-9-20-15)22-11-14-4-6-16(7-5-14)24-13-19-12-23-24;/h1-7,9,12-13H,8,10-11H2,(H3,18,21,22);1H. The minimum absolute atomic E-state index is 0. The molecule has 0 aliphatic rings. The van der Waals surface area contributed by atoms with Crippen molar-refractivity contribution in [3.05, 3.63) is 72.6 Å². The van der Waals surface area contributed by atoms with Crippen molar-refractivity contribution in [3.63, 3.8) is 0 Å². The first-order chi connectivity index (χ1) is 11.8. The van der Waals surface area contributed by atoms with Crippen LogP contribution >= 0.6 is 24.0 Å². The molecule has 130 valence electrons. The molecule has 8 heteroatoms. The summed E-state index contributed by atoms with van der Waals surface area (Å²) < 4.78 is 1.71. The van der Waals surface area contributed by atoms with Crippen LogP contribution in [-0.2, 0) is 13.0 Å². The van der Waals surface area contributed by atoms with E-state index >= 15 is 0 Å². The number of hydrogen-bond donors (Lipinski definition) is 2. The fourth-order valence-electron chi connectivity index (χ4n) is 2.19. The van der Waals surface area contributed by atoms with Gasteiger partial charge < -0.3 is 11.1 Å². The lowest BCUT2D eigenvalue weighted by atomic mass is 10.2. The fourth-order valence-corrected chi connectivity index (χ4v) is 2.19. The second-order valence-corrected chi connectivity index (χ2v) is 5.21. The van der Waals surface area contributed by atoms with Gasteiger partial charge in [-0.15, -0.1) is 24.0 Å². The van der Waals surface area contributed by atoms with E-state index in [9.17, 15) is 0 Å². The number of guanidine groups is 1. The molecule has 0 radical (unpaired) electrons. The van der Waals surface area contributed by atoms with E-state index in [1.54, 1.807) is 17.2 Å². The Bertz CT molecular complexity index is 771. The Morgan fingerprint density at radius 1 is 1.16 bits per heavy atom. The highest BCUT2D eigenvalue weighted by atomic mass is 127. The van der Waals surface area contributed by atoms with Crippen molar-refractivity contribution in [2.45, 2.75) is 13.0 Å². The van der Waals surface area contributed by atoms with Gasteiger partial charge in [0.2, 0.25) is 0 Å². The Morgan fingerprint density at radius 2 is 2.00 bits per heavy atom. The van der Waals surface area contributed by atoms with Gasteiger partial charge in [-0.1, -0.05) is 18.2 Å². The van der Waals surface area contributed by atoms with Crippen molar-refractivity contribution in [1.82, 2.24) is 25.1 Å². The number of hydrogen-bond acceptors (Lipinski definition) is 4. The average molecular weight is 449 g/mol. The molecule has 25 heavy (non-hydrogen) atoms. The van der Waals surface area contributed by atoms with Crippen molar-refractivity contribution in [1.29, 1.82) is 0 Å². The molecule has 0 bridgehead atoms. The minimum atomic E-state index is 0. The van der Waals surface area contributed by atoms with Gasteiger partial charge in [-0.3, -0.25) is 4.98 Å². The zero-order valence-corrected chi connectivity index (χ0v) is 15.9. The molecule has 3 N–H and O–H groups in total. The van der Waals surface area contributed by atoms with Crippen LogP contribution in [0.25, 0.3) is 5.69 Å². The van der Waals surface area contributed by atoms with Gasteiger partial charge in [-0.25, -0.2) is 14.7 Å². The largest absolute Gasteiger partial charge is 0.370 e. The maximum atomic E-state index is 5.89. The van der Waals surface area contributed by atoms with Gasteiger partial charge in [0.15, 0.2) is 5.96 Å². The summed E-state index contributed by atoms with van der Waals surface area (Å²) in [5, 5.41) is 7.19. The van der Waals surface area contributed by atoms with Crippen molar-refractivity contribution >= 4 is 29.9 Å². The van der Waals surface area contributed by atoms with Gasteiger partial charge in [0.05, 0.1) is 12.2 Å². The molecule has 3 aromatic rings. The number of pyridine rings is 1. The zero-order valence-electron chi connectivity index (χ0n) is 13.6. The molecule has 0 aliphatic heterocycles. The van der Waals surface area contributed by atoms with Gasteiger partial charge in [-0.2, -0.15) is 5.10 Å². The van der Waals surface area contributed by atoms with E-state index in [4.69, 9.17) is 5.73 Å². The molecule has 7 nitrogen and oxygen atoms in total. The summed E-state index contributed by atoms with van der Waals surface area (Å²) in [5.41, 5.74) is 8.96.